The Labute approximate surface area is 143 Å². The number of hydrogen-bond acceptors (Lipinski definition) is 5. The standard InChI is InChI=1S/C18H26N4O2/c1-20-8-7-19-18(20)14-22-11-9-21(10-12-22)13-16(23)15-24-17-5-3-2-4-6-17/h2-8,16,23H,9-15H2,1H3/t16-/m0/s1. The van der Waals surface area contributed by atoms with E-state index < -0.39 is 6.10 Å². The molecule has 130 valence electrons. The summed E-state index contributed by atoms with van der Waals surface area (Å²) in [6.45, 7) is 5.80. The van der Waals surface area contributed by atoms with Crippen molar-refractivity contribution in [1.82, 2.24) is 19.4 Å². The van der Waals surface area contributed by atoms with Crippen molar-refractivity contribution in [3.8, 4) is 5.75 Å². The zero-order valence-electron chi connectivity index (χ0n) is 14.2. The lowest BCUT2D eigenvalue weighted by Crippen LogP contribution is -2.49. The molecule has 0 radical (unpaired) electrons. The van der Waals surface area contributed by atoms with Gasteiger partial charge in [0.05, 0.1) is 6.54 Å². The van der Waals surface area contributed by atoms with E-state index in [1.165, 1.54) is 0 Å². The van der Waals surface area contributed by atoms with E-state index >= 15 is 0 Å². The lowest BCUT2D eigenvalue weighted by atomic mass is 10.2. The summed E-state index contributed by atoms with van der Waals surface area (Å²) >= 11 is 0. The number of benzene rings is 1. The van der Waals surface area contributed by atoms with Gasteiger partial charge in [0.25, 0.3) is 0 Å². The van der Waals surface area contributed by atoms with Crippen molar-refractivity contribution in [3.63, 3.8) is 0 Å². The van der Waals surface area contributed by atoms with E-state index in [1.54, 1.807) is 0 Å². The van der Waals surface area contributed by atoms with Crippen LogP contribution in [0.25, 0.3) is 0 Å². The molecule has 6 heteroatoms. The molecule has 3 rings (SSSR count). The third kappa shape index (κ3) is 4.80. The van der Waals surface area contributed by atoms with Gasteiger partial charge in [0.2, 0.25) is 0 Å². The van der Waals surface area contributed by atoms with Gasteiger partial charge in [0.15, 0.2) is 0 Å². The van der Waals surface area contributed by atoms with Crippen LogP contribution in [0.5, 0.6) is 5.75 Å². The van der Waals surface area contributed by atoms with Gasteiger partial charge in [-0.15, -0.1) is 0 Å². The van der Waals surface area contributed by atoms with E-state index in [-0.39, 0.29) is 0 Å². The maximum absolute atomic E-state index is 10.2. The number of nitrogens with zero attached hydrogens (tertiary/aromatic N) is 4. The van der Waals surface area contributed by atoms with Gasteiger partial charge < -0.3 is 14.4 Å². The average molecular weight is 330 g/mol. The maximum atomic E-state index is 10.2. The molecule has 2 heterocycles. The van der Waals surface area contributed by atoms with E-state index in [1.807, 2.05) is 49.8 Å². The second-order valence-electron chi connectivity index (χ2n) is 6.31. The largest absolute Gasteiger partial charge is 0.491 e. The monoisotopic (exact) mass is 330 g/mol. The lowest BCUT2D eigenvalue weighted by Gasteiger charge is -2.35. The fourth-order valence-electron chi connectivity index (χ4n) is 2.94. The topological polar surface area (TPSA) is 53.8 Å². The van der Waals surface area contributed by atoms with Crippen LogP contribution < -0.4 is 4.74 Å². The molecule has 0 aliphatic carbocycles. The molecule has 2 aromatic rings. The zero-order chi connectivity index (χ0) is 16.8. The van der Waals surface area contributed by atoms with Crippen molar-refractivity contribution < 1.29 is 9.84 Å². The summed E-state index contributed by atoms with van der Waals surface area (Å²) < 4.78 is 7.68. The summed E-state index contributed by atoms with van der Waals surface area (Å²) in [5.41, 5.74) is 0. The Bertz CT molecular complexity index is 608. The van der Waals surface area contributed by atoms with Gasteiger partial charge >= 0.3 is 0 Å². The van der Waals surface area contributed by atoms with Gasteiger partial charge in [-0.25, -0.2) is 4.98 Å². The van der Waals surface area contributed by atoms with Crippen molar-refractivity contribution in [2.75, 3.05) is 39.3 Å². The molecule has 1 atom stereocenters. The number of rotatable bonds is 7. The molecule has 0 spiro atoms. The minimum Gasteiger partial charge on any atom is -0.491 e. The van der Waals surface area contributed by atoms with Crippen LogP contribution in [-0.4, -0.2) is 69.9 Å². The molecule has 24 heavy (non-hydrogen) atoms. The quantitative estimate of drug-likeness (QED) is 0.820. The third-order valence-corrected chi connectivity index (χ3v) is 4.41. The van der Waals surface area contributed by atoms with Crippen LogP contribution in [0.1, 0.15) is 5.82 Å². The Kier molecular flexibility index (Phi) is 5.85. The summed E-state index contributed by atoms with van der Waals surface area (Å²) in [5, 5.41) is 10.2. The molecule has 6 nitrogen and oxygen atoms in total. The number of imidazole rings is 1. The highest BCUT2D eigenvalue weighted by atomic mass is 16.5. The van der Waals surface area contributed by atoms with E-state index in [4.69, 9.17) is 4.74 Å². The minimum atomic E-state index is -0.466. The Morgan fingerprint density at radius 2 is 1.83 bits per heavy atom. The van der Waals surface area contributed by atoms with Gasteiger partial charge in [-0.3, -0.25) is 9.80 Å². The maximum Gasteiger partial charge on any atom is 0.122 e. The second kappa shape index (κ2) is 8.28. The van der Waals surface area contributed by atoms with Crippen molar-refractivity contribution in [2.24, 2.45) is 7.05 Å². The number of ether oxygens (including phenoxy) is 1. The minimum absolute atomic E-state index is 0.331. The van der Waals surface area contributed by atoms with Crippen molar-refractivity contribution in [1.29, 1.82) is 0 Å². The first-order valence-corrected chi connectivity index (χ1v) is 8.47. The normalized spacial score (nSPS) is 17.8. The number of aromatic nitrogens is 2. The van der Waals surface area contributed by atoms with E-state index in [9.17, 15) is 5.11 Å². The zero-order valence-corrected chi connectivity index (χ0v) is 14.2. The summed E-state index contributed by atoms with van der Waals surface area (Å²) in [6, 6.07) is 9.63. The molecular weight excluding hydrogens is 304 g/mol. The molecule has 1 aromatic carbocycles. The number of aliphatic hydroxyl groups is 1. The van der Waals surface area contributed by atoms with Crippen LogP contribution in [0, 0.1) is 0 Å². The predicted octanol–water partition coefficient (Wildman–Crippen LogP) is 0.978. The number of aliphatic hydroxyl groups excluding tert-OH is 1. The second-order valence-corrected chi connectivity index (χ2v) is 6.31. The van der Waals surface area contributed by atoms with Crippen molar-refractivity contribution in [2.45, 2.75) is 12.6 Å². The Balaban J connectivity index is 1.36. The SMILES string of the molecule is Cn1ccnc1CN1CCN(C[C@H](O)COc2ccccc2)CC1. The summed E-state index contributed by atoms with van der Waals surface area (Å²) in [7, 11) is 2.03. The lowest BCUT2D eigenvalue weighted by molar-refractivity contribution is 0.0440. The fraction of sp³-hybridized carbons (Fsp3) is 0.500. The molecule has 0 bridgehead atoms. The first-order valence-electron chi connectivity index (χ1n) is 8.47. The molecule has 0 saturated carbocycles. The van der Waals surface area contributed by atoms with Crippen molar-refractivity contribution >= 4 is 0 Å². The van der Waals surface area contributed by atoms with E-state index in [0.717, 1.165) is 44.3 Å². The highest BCUT2D eigenvalue weighted by molar-refractivity contribution is 5.20. The van der Waals surface area contributed by atoms with Gasteiger partial charge in [-0.05, 0) is 12.1 Å². The van der Waals surface area contributed by atoms with E-state index in [2.05, 4.69) is 19.4 Å². The fourth-order valence-corrected chi connectivity index (χ4v) is 2.94. The molecular formula is C18H26N4O2. The number of aryl methyl sites for hydroxylation is 1. The van der Waals surface area contributed by atoms with Gasteiger partial charge in [-0.1, -0.05) is 18.2 Å². The Morgan fingerprint density at radius 3 is 2.50 bits per heavy atom. The predicted molar refractivity (Wildman–Crippen MR) is 92.9 cm³/mol. The summed E-state index contributed by atoms with van der Waals surface area (Å²) in [5.74, 6) is 1.90. The van der Waals surface area contributed by atoms with Gasteiger partial charge in [0, 0.05) is 52.2 Å². The first-order chi connectivity index (χ1) is 11.7. The average Bonchev–Trinajstić information content (AvgIpc) is 3.01. The molecule has 1 saturated heterocycles. The highest BCUT2D eigenvalue weighted by Gasteiger charge is 2.20. The summed E-state index contributed by atoms with van der Waals surface area (Å²) in [6.07, 6.45) is 3.36. The van der Waals surface area contributed by atoms with Gasteiger partial charge in [0.1, 0.15) is 24.3 Å². The number of piperazine rings is 1. The number of hydrogen-bond donors (Lipinski definition) is 1. The van der Waals surface area contributed by atoms with E-state index in [0.29, 0.717) is 13.2 Å². The molecule has 1 aromatic heterocycles. The molecule has 1 N–H and O–H groups in total. The van der Waals surface area contributed by atoms with Gasteiger partial charge in [-0.2, -0.15) is 0 Å². The molecule has 0 unspecified atom stereocenters. The number of β-amino-alcohol motifs (C(OH)–C–C–N with tert-alkyl or cyclic N) is 1. The van der Waals surface area contributed by atoms with Crippen LogP contribution in [0.4, 0.5) is 0 Å². The van der Waals surface area contributed by atoms with Crippen LogP contribution in [0.15, 0.2) is 42.7 Å². The Hall–Kier alpha value is -1.89. The van der Waals surface area contributed by atoms with Crippen LogP contribution in [0.3, 0.4) is 0 Å². The molecule has 1 aliphatic rings. The highest BCUT2D eigenvalue weighted by Crippen LogP contribution is 2.10. The molecule has 1 aliphatic heterocycles. The smallest absolute Gasteiger partial charge is 0.122 e. The summed E-state index contributed by atoms with van der Waals surface area (Å²) in [4.78, 5) is 9.09. The molecule has 0 amide bonds. The third-order valence-electron chi connectivity index (χ3n) is 4.41. The first kappa shape index (κ1) is 17.0. The number of para-hydroxylation sites is 1. The Morgan fingerprint density at radius 1 is 1.12 bits per heavy atom. The van der Waals surface area contributed by atoms with Crippen LogP contribution in [-0.2, 0) is 13.6 Å². The van der Waals surface area contributed by atoms with Crippen molar-refractivity contribution in [3.05, 3.63) is 48.5 Å². The van der Waals surface area contributed by atoms with Crippen LogP contribution in [0.2, 0.25) is 0 Å². The molecule has 1 fully saturated rings. The van der Waals surface area contributed by atoms with Crippen LogP contribution >= 0.6 is 0 Å².